The summed E-state index contributed by atoms with van der Waals surface area (Å²) in [6.07, 6.45) is 0. The van der Waals surface area contributed by atoms with Crippen LogP contribution in [0, 0.1) is 5.41 Å². The van der Waals surface area contributed by atoms with Gasteiger partial charge in [0.15, 0.2) is 5.16 Å². The first kappa shape index (κ1) is 17.9. The number of carbonyl (C=O) groups is 1. The zero-order chi connectivity index (χ0) is 18.0. The zero-order valence-electron chi connectivity index (χ0n) is 14.5. The maximum Gasteiger partial charge on any atom is 0.262 e. The minimum atomic E-state index is -0.400. The molecule has 6 heteroatoms. The maximum atomic E-state index is 12.9. The van der Waals surface area contributed by atoms with Crippen LogP contribution in [-0.4, -0.2) is 21.1 Å². The Morgan fingerprint density at radius 3 is 2.64 bits per heavy atom. The number of nitrogens with zero attached hydrogens (tertiary/aromatic N) is 2. The van der Waals surface area contributed by atoms with Crippen LogP contribution >= 0.6 is 23.1 Å². The number of ketones is 1. The van der Waals surface area contributed by atoms with Gasteiger partial charge in [-0.1, -0.05) is 50.7 Å². The van der Waals surface area contributed by atoms with Crippen molar-refractivity contribution >= 4 is 39.8 Å². The Morgan fingerprint density at radius 2 is 1.96 bits per heavy atom. The summed E-state index contributed by atoms with van der Waals surface area (Å²) in [5.41, 5.74) is 0.202. The first-order chi connectivity index (χ1) is 11.9. The second kappa shape index (κ2) is 7.14. The molecular weight excluding hydrogens is 352 g/mol. The predicted molar refractivity (Wildman–Crippen MR) is 105 cm³/mol. The van der Waals surface area contributed by atoms with Gasteiger partial charge in [0.25, 0.3) is 5.56 Å². The van der Waals surface area contributed by atoms with Crippen molar-refractivity contribution < 1.29 is 4.79 Å². The normalized spacial score (nSPS) is 11.8. The van der Waals surface area contributed by atoms with E-state index < -0.39 is 5.41 Å². The molecule has 0 unspecified atom stereocenters. The maximum absolute atomic E-state index is 12.9. The van der Waals surface area contributed by atoms with E-state index in [1.54, 1.807) is 22.0 Å². The highest BCUT2D eigenvalue weighted by atomic mass is 32.2. The van der Waals surface area contributed by atoms with Gasteiger partial charge in [-0.15, -0.1) is 11.3 Å². The summed E-state index contributed by atoms with van der Waals surface area (Å²) in [4.78, 5) is 31.0. The van der Waals surface area contributed by atoms with E-state index >= 15 is 0 Å². The number of thioether (sulfide) groups is 1. The lowest BCUT2D eigenvalue weighted by atomic mass is 9.92. The van der Waals surface area contributed by atoms with E-state index in [0.29, 0.717) is 28.4 Å². The Morgan fingerprint density at radius 1 is 1.20 bits per heavy atom. The minimum Gasteiger partial charge on any atom is -0.298 e. The third-order valence-corrected chi connectivity index (χ3v) is 5.73. The Kier molecular flexibility index (Phi) is 5.11. The van der Waals surface area contributed by atoms with Gasteiger partial charge in [0, 0.05) is 10.3 Å². The van der Waals surface area contributed by atoms with Crippen LogP contribution in [0.1, 0.15) is 25.6 Å². The number of hydrogen-bond donors (Lipinski definition) is 0. The average molecular weight is 373 g/mol. The molecule has 0 aliphatic carbocycles. The lowest BCUT2D eigenvalue weighted by molar-refractivity contribution is -0.123. The molecule has 25 heavy (non-hydrogen) atoms. The number of benzene rings is 1. The van der Waals surface area contributed by atoms with Crippen molar-refractivity contribution in [1.82, 2.24) is 9.55 Å². The van der Waals surface area contributed by atoms with Crippen LogP contribution < -0.4 is 5.56 Å². The minimum absolute atomic E-state index is 0.0651. The van der Waals surface area contributed by atoms with E-state index in [0.717, 1.165) is 4.88 Å². The average Bonchev–Trinajstić information content (AvgIpc) is 3.08. The summed E-state index contributed by atoms with van der Waals surface area (Å²) in [7, 11) is 0. The second-order valence-electron chi connectivity index (χ2n) is 6.84. The standard InChI is InChI=1S/C19H20N2O2S2/c1-19(2,3)16(22)12-25-18-20-15-9-5-4-8-14(15)17(23)21(18)11-13-7-6-10-24-13/h4-10H,11-12H2,1-3H3. The number of aromatic nitrogens is 2. The van der Waals surface area contributed by atoms with E-state index in [-0.39, 0.29) is 11.3 Å². The van der Waals surface area contributed by atoms with Crippen molar-refractivity contribution in [2.45, 2.75) is 32.5 Å². The van der Waals surface area contributed by atoms with Gasteiger partial charge in [0.2, 0.25) is 0 Å². The number of thiophene rings is 1. The van der Waals surface area contributed by atoms with Gasteiger partial charge >= 0.3 is 0 Å². The molecule has 0 spiro atoms. The van der Waals surface area contributed by atoms with Crippen LogP contribution in [0.3, 0.4) is 0 Å². The van der Waals surface area contributed by atoms with Gasteiger partial charge in [-0.05, 0) is 23.6 Å². The highest BCUT2D eigenvalue weighted by Gasteiger charge is 2.22. The van der Waals surface area contributed by atoms with E-state index in [1.165, 1.54) is 11.8 Å². The molecule has 0 N–H and O–H groups in total. The SMILES string of the molecule is CC(C)(C)C(=O)CSc1nc2ccccc2c(=O)n1Cc1cccs1. The van der Waals surface area contributed by atoms with Crippen LogP contribution in [0.2, 0.25) is 0 Å². The summed E-state index contributed by atoms with van der Waals surface area (Å²) in [5, 5.41) is 3.19. The second-order valence-corrected chi connectivity index (χ2v) is 8.82. The molecule has 0 radical (unpaired) electrons. The molecule has 0 saturated heterocycles. The van der Waals surface area contributed by atoms with Crippen LogP contribution in [0.15, 0.2) is 51.7 Å². The van der Waals surface area contributed by atoms with Crippen molar-refractivity contribution in [2.75, 3.05) is 5.75 Å². The topological polar surface area (TPSA) is 52.0 Å². The Bertz CT molecular complexity index is 954. The van der Waals surface area contributed by atoms with Gasteiger partial charge < -0.3 is 0 Å². The number of fused-ring (bicyclic) bond motifs is 1. The smallest absolute Gasteiger partial charge is 0.262 e. The number of rotatable bonds is 5. The monoisotopic (exact) mass is 372 g/mol. The summed E-state index contributed by atoms with van der Waals surface area (Å²) >= 11 is 2.95. The number of Topliss-reactive ketones (excluding diaryl/α,β-unsaturated/α-hetero) is 1. The Hall–Kier alpha value is -1.92. The van der Waals surface area contributed by atoms with Crippen LogP contribution in [0.25, 0.3) is 10.9 Å². The molecule has 3 aromatic rings. The van der Waals surface area contributed by atoms with Crippen molar-refractivity contribution in [3.63, 3.8) is 0 Å². The fourth-order valence-electron chi connectivity index (χ4n) is 2.30. The van der Waals surface area contributed by atoms with Gasteiger partial charge in [-0.25, -0.2) is 4.98 Å². The number of hydrogen-bond acceptors (Lipinski definition) is 5. The van der Waals surface area contributed by atoms with Crippen molar-refractivity contribution in [3.8, 4) is 0 Å². The molecule has 0 amide bonds. The van der Waals surface area contributed by atoms with E-state index in [2.05, 4.69) is 4.98 Å². The highest BCUT2D eigenvalue weighted by molar-refractivity contribution is 7.99. The fraction of sp³-hybridized carbons (Fsp3) is 0.316. The summed E-state index contributed by atoms with van der Waals surface area (Å²) in [5.74, 6) is 0.446. The molecule has 0 bridgehead atoms. The van der Waals surface area contributed by atoms with Crippen LogP contribution in [-0.2, 0) is 11.3 Å². The molecule has 2 heterocycles. The Labute approximate surface area is 154 Å². The molecule has 0 saturated carbocycles. The van der Waals surface area contributed by atoms with Gasteiger partial charge in [0.1, 0.15) is 5.78 Å². The predicted octanol–water partition coefficient (Wildman–Crippen LogP) is 4.21. The molecule has 0 atom stereocenters. The van der Waals surface area contributed by atoms with Gasteiger partial charge in [0.05, 0.1) is 23.2 Å². The zero-order valence-corrected chi connectivity index (χ0v) is 16.1. The fourth-order valence-corrected chi connectivity index (χ4v) is 4.15. The van der Waals surface area contributed by atoms with E-state index in [1.807, 2.05) is 56.5 Å². The summed E-state index contributed by atoms with van der Waals surface area (Å²) < 4.78 is 1.68. The summed E-state index contributed by atoms with van der Waals surface area (Å²) in [6.45, 7) is 6.19. The summed E-state index contributed by atoms with van der Waals surface area (Å²) in [6, 6.07) is 11.3. The Balaban J connectivity index is 2.02. The lowest BCUT2D eigenvalue weighted by Crippen LogP contribution is -2.26. The first-order valence-electron chi connectivity index (χ1n) is 8.04. The first-order valence-corrected chi connectivity index (χ1v) is 9.91. The molecule has 0 fully saturated rings. The largest absolute Gasteiger partial charge is 0.298 e. The van der Waals surface area contributed by atoms with Crippen LogP contribution in [0.4, 0.5) is 0 Å². The number of para-hydroxylation sites is 1. The third-order valence-electron chi connectivity index (χ3n) is 3.89. The molecule has 0 aliphatic heterocycles. The third kappa shape index (κ3) is 4.02. The van der Waals surface area contributed by atoms with Gasteiger partial charge in [-0.3, -0.25) is 14.2 Å². The van der Waals surface area contributed by atoms with Gasteiger partial charge in [-0.2, -0.15) is 0 Å². The quantitative estimate of drug-likeness (QED) is 0.497. The molecule has 0 aliphatic rings. The van der Waals surface area contributed by atoms with Crippen molar-refractivity contribution in [3.05, 3.63) is 57.0 Å². The molecular formula is C19H20N2O2S2. The molecule has 3 rings (SSSR count). The van der Waals surface area contributed by atoms with Crippen molar-refractivity contribution in [2.24, 2.45) is 5.41 Å². The highest BCUT2D eigenvalue weighted by Crippen LogP contribution is 2.24. The molecule has 4 nitrogen and oxygen atoms in total. The molecule has 130 valence electrons. The van der Waals surface area contributed by atoms with E-state index in [4.69, 9.17) is 0 Å². The molecule has 2 aromatic heterocycles. The molecule has 1 aromatic carbocycles. The van der Waals surface area contributed by atoms with Crippen molar-refractivity contribution in [1.29, 1.82) is 0 Å². The number of carbonyl (C=O) groups excluding carboxylic acids is 1. The van der Waals surface area contributed by atoms with E-state index in [9.17, 15) is 9.59 Å². The lowest BCUT2D eigenvalue weighted by Gasteiger charge is -2.17. The van der Waals surface area contributed by atoms with Crippen LogP contribution in [0.5, 0.6) is 0 Å².